The summed E-state index contributed by atoms with van der Waals surface area (Å²) in [6.45, 7) is 7.86. The lowest BCUT2D eigenvalue weighted by Crippen LogP contribution is -2.39. The van der Waals surface area contributed by atoms with Crippen LogP contribution < -0.4 is 4.90 Å². The second-order valence-corrected chi connectivity index (χ2v) is 8.09. The smallest absolute Gasteiger partial charge is 0.253 e. The van der Waals surface area contributed by atoms with E-state index in [2.05, 4.69) is 35.9 Å². The number of nitrogens with zero attached hydrogens (tertiary/aromatic N) is 3. The zero-order valence-electron chi connectivity index (χ0n) is 18.0. The number of para-hydroxylation sites is 2. The Hall–Kier alpha value is -2.82. The van der Waals surface area contributed by atoms with Crippen molar-refractivity contribution in [2.45, 2.75) is 45.4 Å². The van der Waals surface area contributed by atoms with Gasteiger partial charge in [-0.15, -0.1) is 0 Å². The zero-order valence-corrected chi connectivity index (χ0v) is 18.0. The van der Waals surface area contributed by atoms with Crippen LogP contribution in [0.1, 0.15) is 61.7 Å². The van der Waals surface area contributed by atoms with Gasteiger partial charge in [-0.25, -0.2) is 4.98 Å². The molecule has 0 N–H and O–H groups in total. The zero-order chi connectivity index (χ0) is 20.9. The molecule has 1 unspecified atom stereocenters. The van der Waals surface area contributed by atoms with Crippen LogP contribution >= 0.6 is 0 Å². The second-order valence-electron chi connectivity index (χ2n) is 8.09. The number of hydrogen-bond acceptors (Lipinski definition) is 4. The Morgan fingerprint density at radius 2 is 1.97 bits per heavy atom. The van der Waals surface area contributed by atoms with Gasteiger partial charge in [-0.05, 0) is 62.6 Å². The molecule has 0 radical (unpaired) electrons. The van der Waals surface area contributed by atoms with Gasteiger partial charge in [0.25, 0.3) is 5.91 Å². The lowest BCUT2D eigenvalue weighted by molar-refractivity contribution is 0.0699. The van der Waals surface area contributed by atoms with Gasteiger partial charge in [0.05, 0.1) is 5.92 Å². The largest absolute Gasteiger partial charge is 0.440 e. The summed E-state index contributed by atoms with van der Waals surface area (Å²) >= 11 is 0. The number of anilines is 1. The van der Waals surface area contributed by atoms with E-state index in [0.717, 1.165) is 55.0 Å². The lowest BCUT2D eigenvalue weighted by atomic mass is 9.97. The van der Waals surface area contributed by atoms with Gasteiger partial charge in [-0.2, -0.15) is 0 Å². The number of oxazole rings is 1. The summed E-state index contributed by atoms with van der Waals surface area (Å²) in [7, 11) is 0. The molecule has 3 aromatic rings. The van der Waals surface area contributed by atoms with Crippen LogP contribution in [0.15, 0.2) is 52.9 Å². The number of carbonyl (C=O) groups excluding carboxylic acids is 1. The number of aromatic nitrogens is 1. The predicted molar refractivity (Wildman–Crippen MR) is 121 cm³/mol. The molecule has 1 saturated heterocycles. The summed E-state index contributed by atoms with van der Waals surface area (Å²) in [5, 5.41) is 0. The highest BCUT2D eigenvalue weighted by atomic mass is 16.3. The Bertz CT molecular complexity index is 946. The van der Waals surface area contributed by atoms with Crippen molar-refractivity contribution < 1.29 is 9.21 Å². The van der Waals surface area contributed by atoms with Crippen LogP contribution in [0.25, 0.3) is 11.1 Å². The van der Waals surface area contributed by atoms with Crippen LogP contribution in [0.5, 0.6) is 0 Å². The van der Waals surface area contributed by atoms with E-state index in [9.17, 15) is 4.79 Å². The van der Waals surface area contributed by atoms with Crippen LogP contribution in [0.4, 0.5) is 5.69 Å². The average Bonchev–Trinajstić information content (AvgIpc) is 3.24. The maximum atomic E-state index is 13.1. The number of piperidine rings is 1. The molecule has 0 spiro atoms. The maximum Gasteiger partial charge on any atom is 0.253 e. The van der Waals surface area contributed by atoms with E-state index < -0.39 is 0 Å². The first-order chi connectivity index (χ1) is 14.7. The molecule has 0 saturated carbocycles. The highest BCUT2D eigenvalue weighted by Gasteiger charge is 2.28. The molecule has 1 aromatic heterocycles. The Morgan fingerprint density at radius 3 is 2.70 bits per heavy atom. The van der Waals surface area contributed by atoms with Crippen LogP contribution in [0.2, 0.25) is 0 Å². The fourth-order valence-corrected chi connectivity index (χ4v) is 4.24. The standard InChI is InChI=1S/C25H31N3O2/c1-3-5-16-27(4-2)21-14-12-19(13-15-21)25(29)28-17-8-9-20(18-28)24-26-22-10-6-7-11-23(22)30-24/h6-7,10-15,20H,3-5,8-9,16-18H2,1-2H3. The van der Waals surface area contributed by atoms with Gasteiger partial charge >= 0.3 is 0 Å². The number of carbonyl (C=O) groups is 1. The minimum atomic E-state index is 0.0963. The SMILES string of the molecule is CCCCN(CC)c1ccc(C(=O)N2CCCC(c3nc4ccccc4o3)C2)cc1. The molecule has 30 heavy (non-hydrogen) atoms. The van der Waals surface area contributed by atoms with Crippen molar-refractivity contribution in [2.75, 3.05) is 31.1 Å². The second kappa shape index (κ2) is 9.33. The van der Waals surface area contributed by atoms with Crippen molar-refractivity contribution >= 4 is 22.7 Å². The Balaban J connectivity index is 1.45. The molecule has 2 heterocycles. The Morgan fingerprint density at radius 1 is 1.17 bits per heavy atom. The molecule has 1 amide bonds. The molecule has 2 aromatic carbocycles. The number of likely N-dealkylation sites (tertiary alicyclic amines) is 1. The van der Waals surface area contributed by atoms with Crippen LogP contribution in [0, 0.1) is 0 Å². The number of unbranched alkanes of at least 4 members (excludes halogenated alkanes) is 1. The number of fused-ring (bicyclic) bond motifs is 1. The summed E-state index contributed by atoms with van der Waals surface area (Å²) in [5.41, 5.74) is 3.64. The molecule has 158 valence electrons. The molecule has 0 bridgehead atoms. The quantitative estimate of drug-likeness (QED) is 0.523. The van der Waals surface area contributed by atoms with E-state index >= 15 is 0 Å². The molecule has 1 fully saturated rings. The van der Waals surface area contributed by atoms with Gasteiger partial charge in [0.1, 0.15) is 5.52 Å². The monoisotopic (exact) mass is 405 g/mol. The van der Waals surface area contributed by atoms with Crippen molar-refractivity contribution in [1.29, 1.82) is 0 Å². The minimum Gasteiger partial charge on any atom is -0.440 e. The maximum absolute atomic E-state index is 13.1. The third-order valence-corrected chi connectivity index (χ3v) is 6.01. The predicted octanol–water partition coefficient (Wildman–Crippen LogP) is 5.47. The highest BCUT2D eigenvalue weighted by Crippen LogP contribution is 2.30. The average molecular weight is 406 g/mol. The molecule has 1 aliphatic rings. The summed E-state index contributed by atoms with van der Waals surface area (Å²) in [4.78, 5) is 22.1. The van der Waals surface area contributed by atoms with Crippen molar-refractivity contribution in [3.8, 4) is 0 Å². The highest BCUT2D eigenvalue weighted by molar-refractivity contribution is 5.94. The number of rotatable bonds is 7. The topological polar surface area (TPSA) is 49.6 Å². The first-order valence-electron chi connectivity index (χ1n) is 11.2. The van der Waals surface area contributed by atoms with E-state index in [1.54, 1.807) is 0 Å². The molecule has 0 aliphatic carbocycles. The van der Waals surface area contributed by atoms with Crippen LogP contribution in [0.3, 0.4) is 0 Å². The summed E-state index contributed by atoms with van der Waals surface area (Å²) in [6.07, 6.45) is 4.33. The third kappa shape index (κ3) is 4.35. The number of hydrogen-bond donors (Lipinski definition) is 0. The minimum absolute atomic E-state index is 0.0963. The van der Waals surface area contributed by atoms with Crippen molar-refractivity contribution in [2.24, 2.45) is 0 Å². The first-order valence-corrected chi connectivity index (χ1v) is 11.2. The number of benzene rings is 2. The van der Waals surface area contributed by atoms with E-state index in [1.807, 2.05) is 41.3 Å². The van der Waals surface area contributed by atoms with Crippen molar-refractivity contribution in [3.63, 3.8) is 0 Å². The summed E-state index contributed by atoms with van der Waals surface area (Å²) in [6, 6.07) is 15.9. The molecule has 4 rings (SSSR count). The van der Waals surface area contributed by atoms with Crippen molar-refractivity contribution in [1.82, 2.24) is 9.88 Å². The lowest BCUT2D eigenvalue weighted by Gasteiger charge is -2.31. The first kappa shape index (κ1) is 20.5. The summed E-state index contributed by atoms with van der Waals surface area (Å²) in [5.74, 6) is 0.997. The summed E-state index contributed by atoms with van der Waals surface area (Å²) < 4.78 is 5.97. The molecule has 5 heteroatoms. The number of amides is 1. The molecular weight excluding hydrogens is 374 g/mol. The van der Waals surface area contributed by atoms with Gasteiger partial charge in [0.2, 0.25) is 0 Å². The van der Waals surface area contributed by atoms with Gasteiger partial charge in [-0.1, -0.05) is 25.5 Å². The van der Waals surface area contributed by atoms with Crippen LogP contribution in [-0.2, 0) is 0 Å². The Kier molecular flexibility index (Phi) is 6.36. The third-order valence-electron chi connectivity index (χ3n) is 6.01. The fraction of sp³-hybridized carbons (Fsp3) is 0.440. The molecule has 5 nitrogen and oxygen atoms in total. The van der Waals surface area contributed by atoms with Gasteiger partial charge < -0.3 is 14.2 Å². The molecule has 1 aliphatic heterocycles. The fourth-order valence-electron chi connectivity index (χ4n) is 4.24. The molecular formula is C25H31N3O2. The normalized spacial score (nSPS) is 16.7. The Labute approximate surface area is 178 Å². The van der Waals surface area contributed by atoms with Gasteiger partial charge in [0.15, 0.2) is 11.5 Å². The van der Waals surface area contributed by atoms with E-state index in [1.165, 1.54) is 18.5 Å². The van der Waals surface area contributed by atoms with Gasteiger partial charge in [-0.3, -0.25) is 4.79 Å². The van der Waals surface area contributed by atoms with Crippen LogP contribution in [-0.4, -0.2) is 42.0 Å². The van der Waals surface area contributed by atoms with Crippen molar-refractivity contribution in [3.05, 3.63) is 60.0 Å². The van der Waals surface area contributed by atoms with E-state index in [-0.39, 0.29) is 11.8 Å². The van der Waals surface area contributed by atoms with Gasteiger partial charge in [0, 0.05) is 37.4 Å². The van der Waals surface area contributed by atoms with E-state index in [0.29, 0.717) is 6.54 Å². The van der Waals surface area contributed by atoms with E-state index in [4.69, 9.17) is 4.42 Å². The molecule has 1 atom stereocenters.